The van der Waals surface area contributed by atoms with Crippen molar-refractivity contribution in [1.82, 2.24) is 4.90 Å². The van der Waals surface area contributed by atoms with Crippen LogP contribution in [0.5, 0.6) is 17.2 Å². The Bertz CT molecular complexity index is 1160. The molecule has 0 spiro atoms. The van der Waals surface area contributed by atoms with Gasteiger partial charge in [0.15, 0.2) is 11.5 Å². The molecule has 9 nitrogen and oxygen atoms in total. The van der Waals surface area contributed by atoms with Crippen LogP contribution >= 0.6 is 0 Å². The fourth-order valence-electron chi connectivity index (χ4n) is 4.33. The summed E-state index contributed by atoms with van der Waals surface area (Å²) < 4.78 is 27.2. The van der Waals surface area contributed by atoms with Crippen LogP contribution in [0.25, 0.3) is 0 Å². The van der Waals surface area contributed by atoms with Crippen molar-refractivity contribution < 1.29 is 33.3 Å². The highest BCUT2D eigenvalue weighted by atomic mass is 16.7. The maximum atomic E-state index is 10.7. The second-order valence-corrected chi connectivity index (χ2v) is 8.83. The second kappa shape index (κ2) is 11.5. The van der Waals surface area contributed by atoms with Gasteiger partial charge in [-0.25, -0.2) is 0 Å². The highest BCUT2D eigenvalue weighted by molar-refractivity contribution is 6.01. The molecule has 3 heterocycles. The molecule has 5 rings (SSSR count). The minimum atomic E-state index is -0.679. The van der Waals surface area contributed by atoms with Crippen LogP contribution in [0.3, 0.4) is 0 Å². The monoisotopic (exact) mass is 494 g/mol. The standard InChI is InChI=1S/C27H30N2O7/c1-31-22-5-2-4-19(10-22)13-29(14-21(30)16-32-17-23-6-3-9-33-23)15-24-12-25(28-36-24)20-7-8-26-27(11-20)35-18-34-26/h2-11,21,24,30H,12-18H2,1H3/t21-,24+/m0/s1. The lowest BCUT2D eigenvalue weighted by Gasteiger charge is -2.27. The number of rotatable bonds is 12. The average molecular weight is 495 g/mol. The van der Waals surface area contributed by atoms with Gasteiger partial charge in [-0.3, -0.25) is 4.90 Å². The molecule has 0 saturated carbocycles. The van der Waals surface area contributed by atoms with Crippen molar-refractivity contribution >= 4 is 5.71 Å². The van der Waals surface area contributed by atoms with E-state index < -0.39 is 6.10 Å². The Morgan fingerprint density at radius 2 is 2.03 bits per heavy atom. The number of benzene rings is 2. The maximum Gasteiger partial charge on any atom is 0.231 e. The van der Waals surface area contributed by atoms with Gasteiger partial charge in [0.05, 0.1) is 31.8 Å². The summed E-state index contributed by atoms with van der Waals surface area (Å²) in [5.74, 6) is 2.97. The van der Waals surface area contributed by atoms with E-state index in [4.69, 9.17) is 28.2 Å². The summed E-state index contributed by atoms with van der Waals surface area (Å²) >= 11 is 0. The van der Waals surface area contributed by atoms with Crippen LogP contribution in [0.4, 0.5) is 0 Å². The van der Waals surface area contributed by atoms with E-state index in [9.17, 15) is 5.11 Å². The van der Waals surface area contributed by atoms with Crippen LogP contribution < -0.4 is 14.2 Å². The molecule has 0 aliphatic carbocycles. The minimum absolute atomic E-state index is 0.146. The first kappa shape index (κ1) is 24.2. The van der Waals surface area contributed by atoms with Crippen LogP contribution in [0.1, 0.15) is 23.3 Å². The zero-order chi connectivity index (χ0) is 24.7. The first-order valence-electron chi connectivity index (χ1n) is 11.9. The molecule has 9 heteroatoms. The number of fused-ring (bicyclic) bond motifs is 1. The highest BCUT2D eigenvalue weighted by Crippen LogP contribution is 2.33. The molecule has 2 atom stereocenters. The molecule has 2 aliphatic heterocycles. The number of hydrogen-bond acceptors (Lipinski definition) is 9. The number of aliphatic hydroxyl groups excluding tert-OH is 1. The van der Waals surface area contributed by atoms with Crippen LogP contribution in [0, 0.1) is 0 Å². The van der Waals surface area contributed by atoms with E-state index in [-0.39, 0.29) is 19.5 Å². The van der Waals surface area contributed by atoms with E-state index in [2.05, 4.69) is 10.1 Å². The molecule has 0 unspecified atom stereocenters. The Balaban J connectivity index is 1.20. The Hall–Kier alpha value is -3.53. The summed E-state index contributed by atoms with van der Waals surface area (Å²) in [6.45, 7) is 2.36. The van der Waals surface area contributed by atoms with Crippen LogP contribution in [0.15, 0.2) is 70.4 Å². The molecule has 2 aliphatic rings. The van der Waals surface area contributed by atoms with Crippen molar-refractivity contribution in [2.75, 3.05) is 33.6 Å². The number of aliphatic hydroxyl groups is 1. The molecule has 0 bridgehead atoms. The van der Waals surface area contributed by atoms with Gasteiger partial charge in [-0.1, -0.05) is 17.3 Å². The van der Waals surface area contributed by atoms with Gasteiger partial charge in [0.2, 0.25) is 6.79 Å². The number of nitrogens with zero attached hydrogens (tertiary/aromatic N) is 2. The van der Waals surface area contributed by atoms with E-state index in [0.717, 1.165) is 39.8 Å². The van der Waals surface area contributed by atoms with E-state index in [0.29, 0.717) is 32.7 Å². The molecule has 190 valence electrons. The van der Waals surface area contributed by atoms with Gasteiger partial charge in [-0.2, -0.15) is 0 Å². The van der Waals surface area contributed by atoms with Crippen molar-refractivity contribution in [2.45, 2.75) is 31.8 Å². The number of furan rings is 1. The largest absolute Gasteiger partial charge is 0.497 e. The third kappa shape index (κ3) is 6.17. The number of methoxy groups -OCH3 is 1. The fraction of sp³-hybridized carbons (Fsp3) is 0.370. The molecule has 2 aromatic carbocycles. The van der Waals surface area contributed by atoms with Crippen molar-refractivity contribution in [3.05, 3.63) is 77.7 Å². The van der Waals surface area contributed by atoms with Gasteiger partial charge in [0, 0.05) is 31.6 Å². The predicted octanol–water partition coefficient (Wildman–Crippen LogP) is 3.59. The highest BCUT2D eigenvalue weighted by Gasteiger charge is 2.27. The summed E-state index contributed by atoms with van der Waals surface area (Å²) in [5, 5.41) is 15.0. The normalized spacial score (nSPS) is 17.2. The molecule has 0 saturated heterocycles. The van der Waals surface area contributed by atoms with Crippen LogP contribution in [0.2, 0.25) is 0 Å². The Morgan fingerprint density at radius 1 is 1.11 bits per heavy atom. The van der Waals surface area contributed by atoms with Gasteiger partial charge < -0.3 is 33.3 Å². The summed E-state index contributed by atoms with van der Waals surface area (Å²) in [6, 6.07) is 17.4. The average Bonchev–Trinajstić information content (AvgIpc) is 3.66. The molecule has 1 aromatic heterocycles. The molecule has 3 aromatic rings. The van der Waals surface area contributed by atoms with Crippen molar-refractivity contribution in [3.63, 3.8) is 0 Å². The lowest BCUT2D eigenvalue weighted by molar-refractivity contribution is -0.00956. The predicted molar refractivity (Wildman–Crippen MR) is 131 cm³/mol. The third-order valence-electron chi connectivity index (χ3n) is 6.04. The quantitative estimate of drug-likeness (QED) is 0.408. The lowest BCUT2D eigenvalue weighted by Crippen LogP contribution is -2.39. The molecule has 0 fully saturated rings. The summed E-state index contributed by atoms with van der Waals surface area (Å²) in [7, 11) is 1.65. The number of hydrogen-bond donors (Lipinski definition) is 1. The minimum Gasteiger partial charge on any atom is -0.497 e. The summed E-state index contributed by atoms with van der Waals surface area (Å²) in [5.41, 5.74) is 2.89. The van der Waals surface area contributed by atoms with E-state index in [1.54, 1.807) is 13.4 Å². The van der Waals surface area contributed by atoms with Gasteiger partial charge in [-0.05, 0) is 48.0 Å². The van der Waals surface area contributed by atoms with Crippen molar-refractivity contribution in [1.29, 1.82) is 0 Å². The summed E-state index contributed by atoms with van der Waals surface area (Å²) in [4.78, 5) is 7.94. The maximum absolute atomic E-state index is 10.7. The third-order valence-corrected chi connectivity index (χ3v) is 6.04. The Kier molecular flexibility index (Phi) is 7.70. The van der Waals surface area contributed by atoms with E-state index in [1.807, 2.05) is 54.6 Å². The molecular formula is C27H30N2O7. The fourth-order valence-corrected chi connectivity index (χ4v) is 4.33. The number of ether oxygens (including phenoxy) is 4. The van der Waals surface area contributed by atoms with Crippen LogP contribution in [-0.4, -0.2) is 61.5 Å². The van der Waals surface area contributed by atoms with E-state index in [1.165, 1.54) is 0 Å². The topological polar surface area (TPSA) is 95.1 Å². The zero-order valence-electron chi connectivity index (χ0n) is 20.2. The van der Waals surface area contributed by atoms with Crippen molar-refractivity contribution in [3.8, 4) is 17.2 Å². The first-order valence-corrected chi connectivity index (χ1v) is 11.9. The summed E-state index contributed by atoms with van der Waals surface area (Å²) in [6.07, 6.45) is 1.43. The van der Waals surface area contributed by atoms with Gasteiger partial charge in [0.1, 0.15) is 24.2 Å². The lowest BCUT2D eigenvalue weighted by atomic mass is 10.0. The van der Waals surface area contributed by atoms with Gasteiger partial charge >= 0.3 is 0 Å². The number of oxime groups is 1. The molecule has 36 heavy (non-hydrogen) atoms. The molecule has 1 N–H and O–H groups in total. The molecular weight excluding hydrogens is 464 g/mol. The molecule has 0 radical (unpaired) electrons. The first-order chi connectivity index (χ1) is 17.7. The zero-order valence-corrected chi connectivity index (χ0v) is 20.2. The Labute approximate surface area is 209 Å². The molecule has 0 amide bonds. The van der Waals surface area contributed by atoms with Crippen LogP contribution in [-0.2, 0) is 22.7 Å². The second-order valence-electron chi connectivity index (χ2n) is 8.83. The van der Waals surface area contributed by atoms with Gasteiger partial charge in [0.25, 0.3) is 0 Å². The van der Waals surface area contributed by atoms with Crippen molar-refractivity contribution in [2.24, 2.45) is 5.16 Å². The van der Waals surface area contributed by atoms with E-state index >= 15 is 0 Å². The SMILES string of the molecule is COc1cccc(CN(C[C@H](O)COCc2ccco2)C[C@H]2CC(c3ccc4c(c3)OCO4)=NO2)c1. The Morgan fingerprint density at radius 3 is 2.89 bits per heavy atom. The smallest absolute Gasteiger partial charge is 0.231 e. The van der Waals surface area contributed by atoms with Gasteiger partial charge in [-0.15, -0.1) is 0 Å².